The molecule has 0 saturated carbocycles. The molecule has 0 aliphatic rings. The van der Waals surface area contributed by atoms with Crippen molar-refractivity contribution >= 4 is 24.7 Å². The maximum absolute atomic E-state index is 6.87. The van der Waals surface area contributed by atoms with E-state index < -0.39 is 24.7 Å². The lowest BCUT2D eigenvalue weighted by molar-refractivity contribution is 0.120. The smallest absolute Gasteiger partial charge is 0.214 e. The third-order valence-corrected chi connectivity index (χ3v) is 14.7. The molecule has 0 amide bonds. The Hall–Kier alpha value is 0.0506. The fourth-order valence-electron chi connectivity index (χ4n) is 2.65. The van der Waals surface area contributed by atoms with Crippen molar-refractivity contribution in [2.75, 3.05) is 0 Å². The van der Waals surface area contributed by atoms with Gasteiger partial charge in [0.05, 0.1) is 5.73 Å². The third-order valence-electron chi connectivity index (χ3n) is 5.12. The topological polar surface area (TPSA) is 18.5 Å². The van der Waals surface area contributed by atoms with Gasteiger partial charge < -0.3 is 8.85 Å². The van der Waals surface area contributed by atoms with Crippen LogP contribution in [0, 0.1) is 0 Å². The molecule has 0 rings (SSSR count). The summed E-state index contributed by atoms with van der Waals surface area (Å²) in [6.07, 6.45) is 2.02. The van der Waals surface area contributed by atoms with Crippen LogP contribution in [0.3, 0.4) is 0 Å². The molecule has 0 aromatic rings. The third kappa shape index (κ3) is 5.30. The van der Waals surface area contributed by atoms with E-state index in [9.17, 15) is 0 Å². The summed E-state index contributed by atoms with van der Waals surface area (Å²) in [7, 11) is -5.44. The van der Waals surface area contributed by atoms with Crippen LogP contribution in [0.1, 0.15) is 33.6 Å². The van der Waals surface area contributed by atoms with Crippen LogP contribution in [0.15, 0.2) is 24.6 Å². The maximum Gasteiger partial charge on any atom is 0.214 e. The highest BCUT2D eigenvalue weighted by molar-refractivity contribution is 6.86. The Labute approximate surface area is 142 Å². The monoisotopic (exact) mass is 358 g/mol. The number of hydrogen-bond donors (Lipinski definition) is 0. The second kappa shape index (κ2) is 7.75. The first kappa shape index (κ1) is 22.1. The summed E-state index contributed by atoms with van der Waals surface area (Å²) in [5.41, 5.74) is 4.39. The van der Waals surface area contributed by atoms with Gasteiger partial charge in [0.25, 0.3) is 0 Å². The summed E-state index contributed by atoms with van der Waals surface area (Å²) >= 11 is 0. The minimum absolute atomic E-state index is 0.0822. The molecule has 130 valence electrons. The second-order valence-corrected chi connectivity index (χ2v) is 20.9. The molecule has 0 aromatic heterocycles. The first-order valence-corrected chi connectivity index (χ1v) is 17.5. The summed E-state index contributed by atoms with van der Waals surface area (Å²) < 4.78 is 13.4. The lowest BCUT2D eigenvalue weighted by atomic mass is 10.3. The van der Waals surface area contributed by atoms with Crippen molar-refractivity contribution < 1.29 is 8.85 Å². The van der Waals surface area contributed by atoms with Gasteiger partial charge in [0.1, 0.15) is 8.07 Å². The van der Waals surface area contributed by atoms with Crippen molar-refractivity contribution in [2.45, 2.75) is 83.8 Å². The normalized spacial score (nSPS) is 17.7. The predicted molar refractivity (Wildman–Crippen MR) is 108 cm³/mol. The zero-order valence-corrected chi connectivity index (χ0v) is 19.4. The van der Waals surface area contributed by atoms with Crippen LogP contribution < -0.4 is 0 Å². The molecule has 0 N–H and O–H groups in total. The van der Waals surface area contributed by atoms with Crippen LogP contribution in [0.25, 0.3) is 0 Å². The summed E-state index contributed by atoms with van der Waals surface area (Å²) in [4.78, 5) is 0. The summed E-state index contributed by atoms with van der Waals surface area (Å²) in [6, 6.07) is 0. The van der Waals surface area contributed by atoms with E-state index >= 15 is 0 Å². The van der Waals surface area contributed by atoms with Crippen molar-refractivity contribution in [3.05, 3.63) is 24.6 Å². The fourth-order valence-corrected chi connectivity index (χ4v) is 11.3. The van der Waals surface area contributed by atoms with E-state index in [0.29, 0.717) is 0 Å². The molecule has 2 nitrogen and oxygen atoms in total. The molecule has 0 radical (unpaired) electrons. The van der Waals surface area contributed by atoms with E-state index in [1.54, 1.807) is 0 Å². The molecule has 1 unspecified atom stereocenters. The first-order valence-electron chi connectivity index (χ1n) is 8.46. The molecular formula is C17H38O2Si3. The molecule has 0 fully saturated rings. The Morgan fingerprint density at radius 3 is 1.82 bits per heavy atom. The molecule has 0 spiro atoms. The van der Waals surface area contributed by atoms with Gasteiger partial charge in [0.2, 0.25) is 16.6 Å². The SMILES string of the molecule is C=C[Si](C)(C)O[C@@H](CC)[Si](C)(C)OC(C)(CC)[Si](C)(C)C=C. The number of rotatable bonds is 10. The van der Waals surface area contributed by atoms with Crippen molar-refractivity contribution in [1.82, 2.24) is 0 Å². The molecule has 0 heterocycles. The molecule has 22 heavy (non-hydrogen) atoms. The van der Waals surface area contributed by atoms with Gasteiger partial charge in [0, 0.05) is 5.22 Å². The molecule has 2 atom stereocenters. The summed E-state index contributed by atoms with van der Waals surface area (Å²) in [6.45, 7) is 28.4. The molecule has 0 aromatic carbocycles. The zero-order chi connectivity index (χ0) is 17.8. The van der Waals surface area contributed by atoms with Crippen LogP contribution in [0.2, 0.25) is 39.3 Å². The minimum Gasteiger partial charge on any atom is -0.412 e. The molecule has 0 aliphatic carbocycles. The van der Waals surface area contributed by atoms with E-state index in [2.05, 4.69) is 78.9 Å². The van der Waals surface area contributed by atoms with E-state index in [1.165, 1.54) is 0 Å². The Morgan fingerprint density at radius 2 is 1.50 bits per heavy atom. The van der Waals surface area contributed by atoms with Gasteiger partial charge in [0.15, 0.2) is 0 Å². The van der Waals surface area contributed by atoms with Gasteiger partial charge >= 0.3 is 0 Å². The Bertz CT molecular complexity index is 391. The lowest BCUT2D eigenvalue weighted by Crippen LogP contribution is -2.62. The second-order valence-electron chi connectivity index (χ2n) is 8.04. The van der Waals surface area contributed by atoms with Crippen molar-refractivity contribution in [1.29, 1.82) is 0 Å². The van der Waals surface area contributed by atoms with Crippen molar-refractivity contribution in [2.24, 2.45) is 0 Å². The van der Waals surface area contributed by atoms with Gasteiger partial charge in [-0.05, 0) is 46.0 Å². The Morgan fingerprint density at radius 1 is 1.00 bits per heavy atom. The average molecular weight is 359 g/mol. The van der Waals surface area contributed by atoms with Gasteiger partial charge in [-0.1, -0.05) is 38.3 Å². The van der Waals surface area contributed by atoms with Crippen LogP contribution in [0.5, 0.6) is 0 Å². The van der Waals surface area contributed by atoms with Gasteiger partial charge in [-0.3, -0.25) is 0 Å². The van der Waals surface area contributed by atoms with Crippen LogP contribution in [-0.2, 0) is 8.85 Å². The highest BCUT2D eigenvalue weighted by atomic mass is 28.4. The predicted octanol–water partition coefficient (Wildman–Crippen LogP) is 5.61. The Kier molecular flexibility index (Phi) is 7.77. The lowest BCUT2D eigenvalue weighted by Gasteiger charge is -2.48. The van der Waals surface area contributed by atoms with Crippen LogP contribution in [-0.4, -0.2) is 35.7 Å². The quantitative estimate of drug-likeness (QED) is 0.472. The highest BCUT2D eigenvalue weighted by Gasteiger charge is 2.47. The van der Waals surface area contributed by atoms with Crippen molar-refractivity contribution in [3.63, 3.8) is 0 Å². The first-order chi connectivity index (χ1) is 9.80. The fraction of sp³-hybridized carbons (Fsp3) is 0.765. The van der Waals surface area contributed by atoms with Gasteiger partial charge in [-0.25, -0.2) is 0 Å². The van der Waals surface area contributed by atoms with Gasteiger partial charge in [-0.15, -0.1) is 13.2 Å². The van der Waals surface area contributed by atoms with E-state index in [0.717, 1.165) is 12.8 Å². The summed E-state index contributed by atoms with van der Waals surface area (Å²) in [5, 5.41) is -0.0822. The standard InChI is InChI=1S/C17H38O2Si3/c1-12-16(18-21(8,9)15-4)22(10,11)19-17(5,13-2)20(6,7)14-3/h14-16H,3-4,12-13H2,1-2,5-11H3/t16-,17?/m1/s1. The molecule has 0 aliphatic heterocycles. The van der Waals surface area contributed by atoms with Crippen LogP contribution in [0.4, 0.5) is 0 Å². The zero-order valence-electron chi connectivity index (χ0n) is 16.4. The van der Waals surface area contributed by atoms with Gasteiger partial charge in [-0.2, -0.15) is 0 Å². The van der Waals surface area contributed by atoms with Crippen LogP contribution >= 0.6 is 0 Å². The van der Waals surface area contributed by atoms with E-state index in [4.69, 9.17) is 8.85 Å². The minimum atomic E-state index is -1.99. The molecule has 5 heteroatoms. The summed E-state index contributed by atoms with van der Waals surface area (Å²) in [5.74, 6) is 0. The molecular weight excluding hydrogens is 320 g/mol. The Balaban J connectivity index is 5.43. The largest absolute Gasteiger partial charge is 0.412 e. The van der Waals surface area contributed by atoms with E-state index in [1.807, 2.05) is 5.70 Å². The number of hydrogen-bond acceptors (Lipinski definition) is 2. The molecule has 0 bridgehead atoms. The van der Waals surface area contributed by atoms with Crippen molar-refractivity contribution in [3.8, 4) is 0 Å². The maximum atomic E-state index is 6.87. The molecule has 0 saturated heterocycles. The highest BCUT2D eigenvalue weighted by Crippen LogP contribution is 2.34. The van der Waals surface area contributed by atoms with E-state index in [-0.39, 0.29) is 11.0 Å². The average Bonchev–Trinajstić information content (AvgIpc) is 2.43.